The van der Waals surface area contributed by atoms with Gasteiger partial charge in [-0.15, -0.1) is 0 Å². The van der Waals surface area contributed by atoms with Gasteiger partial charge in [-0.05, 0) is 79.8 Å². The predicted molar refractivity (Wildman–Crippen MR) is 254 cm³/mol. The first kappa shape index (κ1) is 59.3. The summed E-state index contributed by atoms with van der Waals surface area (Å²) in [4.78, 5) is 141. The SMILES string of the molecule is CC(C)C[C@H](NC(=O)[C@@H](NC(=O)CNC(=O)[C@H](C)NC(=O)[C@H](CCC(N)=O)NC(=O)[C@H](CCC(N)=O)NC(=O)CNC(=O)[C@H](Cc1ccc(O)cc1)NC(=O)[C@@H](N)Cc1ccc(O)cc1)C(C)C)C(=O)O. The molecular weight excluding hydrogens is 931 g/mol. The number of carboxylic acids is 1. The summed E-state index contributed by atoms with van der Waals surface area (Å²) in [6, 6.07) is 2.37. The summed E-state index contributed by atoms with van der Waals surface area (Å²) in [7, 11) is 0. The fraction of sp³-hybridized carbons (Fsp3) is 0.500. The van der Waals surface area contributed by atoms with E-state index in [1.165, 1.54) is 43.3 Å². The van der Waals surface area contributed by atoms with E-state index in [0.717, 1.165) is 0 Å². The van der Waals surface area contributed by atoms with Crippen LogP contribution < -0.4 is 59.7 Å². The van der Waals surface area contributed by atoms with Gasteiger partial charge in [0.25, 0.3) is 0 Å². The quantitative estimate of drug-likeness (QED) is 0.0364. The molecule has 2 rings (SSSR count). The second-order valence-corrected chi connectivity index (χ2v) is 17.6. The number of benzene rings is 2. The third kappa shape index (κ3) is 22.4. The number of amides is 10. The number of carboxylic acid groups (broad SMARTS) is 1. The van der Waals surface area contributed by atoms with Crippen LogP contribution in [0.1, 0.15) is 77.8 Å². The smallest absolute Gasteiger partial charge is 0.326 e. The highest BCUT2D eigenvalue weighted by Gasteiger charge is 2.32. The number of aliphatic carboxylic acids is 1. The van der Waals surface area contributed by atoms with Crippen molar-refractivity contribution in [3.05, 3.63) is 59.7 Å². The van der Waals surface area contributed by atoms with Gasteiger partial charge in [-0.3, -0.25) is 47.9 Å². The average Bonchev–Trinajstić information content (AvgIpc) is 3.29. The molecule has 2 aromatic carbocycles. The molecule has 25 nitrogen and oxygen atoms in total. The fourth-order valence-electron chi connectivity index (χ4n) is 6.67. The minimum Gasteiger partial charge on any atom is -0.508 e. The number of rotatable bonds is 30. The van der Waals surface area contributed by atoms with Crippen molar-refractivity contribution in [3.63, 3.8) is 0 Å². The Hall–Kier alpha value is -7.83. The third-order valence-electron chi connectivity index (χ3n) is 10.6. The van der Waals surface area contributed by atoms with E-state index in [1.807, 2.05) is 0 Å². The lowest BCUT2D eigenvalue weighted by atomic mass is 10.0. The normalized spacial score (nSPS) is 13.9. The highest BCUT2D eigenvalue weighted by atomic mass is 16.4. The summed E-state index contributed by atoms with van der Waals surface area (Å²) in [6.07, 6.45) is -1.62. The molecule has 0 aromatic heterocycles. The predicted octanol–water partition coefficient (Wildman–Crippen LogP) is -3.31. The highest BCUT2D eigenvalue weighted by Crippen LogP contribution is 2.14. The first-order chi connectivity index (χ1) is 33.2. The van der Waals surface area contributed by atoms with Crippen molar-refractivity contribution in [2.75, 3.05) is 13.1 Å². The zero-order valence-corrected chi connectivity index (χ0v) is 40.2. The van der Waals surface area contributed by atoms with Crippen LogP contribution in [-0.4, -0.2) is 136 Å². The number of carbonyl (C=O) groups excluding carboxylic acids is 10. The van der Waals surface area contributed by atoms with Crippen LogP contribution in [0, 0.1) is 11.8 Å². The number of nitrogens with one attached hydrogen (secondary N) is 8. The van der Waals surface area contributed by atoms with Gasteiger partial charge in [0, 0.05) is 19.3 Å². The Labute approximate surface area is 409 Å². The number of hydrogen-bond acceptors (Lipinski definition) is 14. The molecule has 71 heavy (non-hydrogen) atoms. The van der Waals surface area contributed by atoms with Gasteiger partial charge in [0.05, 0.1) is 19.1 Å². The van der Waals surface area contributed by atoms with Crippen LogP contribution in [0.2, 0.25) is 0 Å². The fourth-order valence-corrected chi connectivity index (χ4v) is 6.67. The topological polar surface area (TPSA) is 423 Å². The van der Waals surface area contributed by atoms with Gasteiger partial charge in [0.1, 0.15) is 47.8 Å². The molecule has 10 amide bonds. The maximum Gasteiger partial charge on any atom is 0.326 e. The van der Waals surface area contributed by atoms with Crippen LogP contribution in [0.4, 0.5) is 0 Å². The van der Waals surface area contributed by atoms with E-state index in [-0.39, 0.29) is 36.7 Å². The number of phenols is 2. The van der Waals surface area contributed by atoms with Gasteiger partial charge in [-0.2, -0.15) is 0 Å². The van der Waals surface area contributed by atoms with Crippen LogP contribution in [0.15, 0.2) is 48.5 Å². The molecule has 0 fully saturated rings. The van der Waals surface area contributed by atoms with Crippen molar-refractivity contribution in [1.29, 1.82) is 0 Å². The lowest BCUT2D eigenvalue weighted by Gasteiger charge is -2.25. The lowest BCUT2D eigenvalue weighted by Crippen LogP contribution is -2.58. The van der Waals surface area contributed by atoms with Crippen LogP contribution in [-0.2, 0) is 65.6 Å². The molecular formula is C46H67N11O14. The number of hydrogen-bond donors (Lipinski definition) is 14. The Bertz CT molecular complexity index is 2210. The molecule has 0 unspecified atom stereocenters. The van der Waals surface area contributed by atoms with Gasteiger partial charge >= 0.3 is 5.97 Å². The van der Waals surface area contributed by atoms with Crippen molar-refractivity contribution in [2.45, 2.75) is 122 Å². The summed E-state index contributed by atoms with van der Waals surface area (Å²) >= 11 is 0. The highest BCUT2D eigenvalue weighted by molar-refractivity contribution is 5.97. The van der Waals surface area contributed by atoms with Crippen LogP contribution >= 0.6 is 0 Å². The monoisotopic (exact) mass is 997 g/mol. The van der Waals surface area contributed by atoms with E-state index in [2.05, 4.69) is 42.5 Å². The zero-order chi connectivity index (χ0) is 53.5. The van der Waals surface area contributed by atoms with E-state index in [4.69, 9.17) is 17.2 Å². The average molecular weight is 998 g/mol. The maximum atomic E-state index is 13.6. The minimum atomic E-state index is -1.57. The van der Waals surface area contributed by atoms with Crippen LogP contribution in [0.5, 0.6) is 11.5 Å². The molecule has 0 aliphatic heterocycles. The Morgan fingerprint density at radius 3 is 1.42 bits per heavy atom. The van der Waals surface area contributed by atoms with Gasteiger partial charge in [0.2, 0.25) is 59.1 Å². The van der Waals surface area contributed by atoms with Gasteiger partial charge < -0.3 is 75.1 Å². The van der Waals surface area contributed by atoms with E-state index < -0.39 is 152 Å². The molecule has 0 aliphatic carbocycles. The van der Waals surface area contributed by atoms with Gasteiger partial charge in [0.15, 0.2) is 0 Å². The largest absolute Gasteiger partial charge is 0.508 e. The van der Waals surface area contributed by atoms with Crippen molar-refractivity contribution >= 4 is 65.0 Å². The number of phenolic OH excluding ortho intramolecular Hbond substituents is 2. The van der Waals surface area contributed by atoms with E-state index in [9.17, 15) is 68.1 Å². The number of carbonyl (C=O) groups is 11. The first-order valence-electron chi connectivity index (χ1n) is 22.7. The van der Waals surface area contributed by atoms with Gasteiger partial charge in [-0.1, -0.05) is 52.0 Å². The van der Waals surface area contributed by atoms with Crippen LogP contribution in [0.25, 0.3) is 0 Å². The molecule has 17 N–H and O–H groups in total. The molecule has 0 aliphatic rings. The summed E-state index contributed by atoms with van der Waals surface area (Å²) in [5.41, 5.74) is 17.9. The Kier molecular flexibility index (Phi) is 24.4. The van der Waals surface area contributed by atoms with Gasteiger partial charge in [-0.25, -0.2) is 4.79 Å². The van der Waals surface area contributed by atoms with E-state index in [1.54, 1.807) is 39.8 Å². The minimum absolute atomic E-state index is 0.00516. The molecule has 0 heterocycles. The van der Waals surface area contributed by atoms with Crippen molar-refractivity contribution < 1.29 is 68.1 Å². The number of aromatic hydroxyl groups is 2. The Morgan fingerprint density at radius 2 is 0.944 bits per heavy atom. The first-order valence-corrected chi connectivity index (χ1v) is 22.7. The van der Waals surface area contributed by atoms with Crippen molar-refractivity contribution in [3.8, 4) is 11.5 Å². The second kappa shape index (κ2) is 29.3. The summed E-state index contributed by atoms with van der Waals surface area (Å²) in [5.74, 6) is -10.7. The Balaban J connectivity index is 2.14. The van der Waals surface area contributed by atoms with E-state index in [0.29, 0.717) is 11.1 Å². The summed E-state index contributed by atoms with van der Waals surface area (Å²) in [5, 5.41) is 48.0. The molecule has 25 heteroatoms. The summed E-state index contributed by atoms with van der Waals surface area (Å²) < 4.78 is 0. The molecule has 0 spiro atoms. The Morgan fingerprint density at radius 1 is 0.507 bits per heavy atom. The standard InChI is InChI=1S/C46H67N11O14/c1-23(2)18-34(46(70)71)56-45(69)39(24(3)4)57-38(63)22-50-40(64)25(5)52-43(67)32(15-17-36(49)61)54-44(68)31(14-16-35(48)60)53-37(62)21-51-42(66)33(20-27-8-12-29(59)13-9-27)55-41(65)30(47)19-26-6-10-28(58)11-7-26/h6-13,23-25,30-34,39,58-59H,14-22,47H2,1-5H3,(H2,48,60)(H2,49,61)(H,50,64)(H,51,66)(H,52,67)(H,53,62)(H,54,68)(H,55,65)(H,56,69)(H,57,63)(H,70,71)/t25-,30-,31-,32-,33-,34-,39-/m0/s1. The third-order valence-corrected chi connectivity index (χ3v) is 10.6. The molecule has 0 saturated heterocycles. The van der Waals surface area contributed by atoms with Crippen molar-refractivity contribution in [1.82, 2.24) is 42.5 Å². The number of nitrogens with two attached hydrogens (primary N) is 3. The van der Waals surface area contributed by atoms with Crippen LogP contribution in [0.3, 0.4) is 0 Å². The molecule has 0 bridgehead atoms. The molecule has 390 valence electrons. The maximum absolute atomic E-state index is 13.6. The molecule has 0 saturated carbocycles. The molecule has 2 aromatic rings. The molecule has 0 radical (unpaired) electrons. The second-order valence-electron chi connectivity index (χ2n) is 17.6. The number of primary amides is 2. The van der Waals surface area contributed by atoms with E-state index >= 15 is 0 Å². The summed E-state index contributed by atoms with van der Waals surface area (Å²) in [6.45, 7) is 6.58. The molecule has 7 atom stereocenters. The van der Waals surface area contributed by atoms with Crippen molar-refractivity contribution in [2.24, 2.45) is 29.0 Å². The zero-order valence-electron chi connectivity index (χ0n) is 40.2. The lowest BCUT2D eigenvalue weighted by molar-refractivity contribution is -0.143.